The Morgan fingerprint density at radius 2 is 2.24 bits per heavy atom. The lowest BCUT2D eigenvalue weighted by Crippen LogP contribution is -2.54. The van der Waals surface area contributed by atoms with Gasteiger partial charge in [-0.1, -0.05) is 19.0 Å². The second-order valence-electron chi connectivity index (χ2n) is 4.56. The van der Waals surface area contributed by atoms with E-state index in [0.29, 0.717) is 12.2 Å². The second-order valence-corrected chi connectivity index (χ2v) is 4.56. The molecular formula is C11H20ClN3O2. The molecule has 1 heterocycles. The monoisotopic (exact) mass is 261 g/mol. The zero-order valence-corrected chi connectivity index (χ0v) is 11.4. The maximum absolute atomic E-state index is 11.8. The molecule has 0 bridgehead atoms. The van der Waals surface area contributed by atoms with Gasteiger partial charge < -0.3 is 15.6 Å². The van der Waals surface area contributed by atoms with E-state index in [9.17, 15) is 4.79 Å². The van der Waals surface area contributed by atoms with Crippen molar-refractivity contribution in [3.8, 4) is 0 Å². The van der Waals surface area contributed by atoms with E-state index in [2.05, 4.69) is 10.5 Å². The maximum atomic E-state index is 11.8. The fourth-order valence-corrected chi connectivity index (χ4v) is 1.22. The minimum absolute atomic E-state index is 0. The van der Waals surface area contributed by atoms with Crippen LogP contribution in [0.2, 0.25) is 0 Å². The number of halogens is 1. The molecule has 5 nitrogen and oxygen atoms in total. The van der Waals surface area contributed by atoms with Crippen molar-refractivity contribution in [3.05, 3.63) is 17.5 Å². The number of carbonyl (C=O) groups is 1. The summed E-state index contributed by atoms with van der Waals surface area (Å²) in [6.07, 6.45) is 0. The van der Waals surface area contributed by atoms with Crippen LogP contribution in [0, 0.1) is 12.8 Å². The molecule has 6 heteroatoms. The van der Waals surface area contributed by atoms with Crippen molar-refractivity contribution < 1.29 is 9.32 Å². The number of aromatic nitrogens is 1. The van der Waals surface area contributed by atoms with E-state index in [1.54, 1.807) is 13.0 Å². The maximum Gasteiger partial charge on any atom is 0.290 e. The highest BCUT2D eigenvalue weighted by Crippen LogP contribution is 2.16. The number of hydrogen-bond acceptors (Lipinski definition) is 4. The van der Waals surface area contributed by atoms with Crippen molar-refractivity contribution in [2.24, 2.45) is 11.7 Å². The van der Waals surface area contributed by atoms with Crippen LogP contribution in [0.1, 0.15) is 37.0 Å². The van der Waals surface area contributed by atoms with Crippen molar-refractivity contribution in [2.75, 3.05) is 6.54 Å². The molecule has 0 saturated heterocycles. The van der Waals surface area contributed by atoms with Crippen LogP contribution in [0.15, 0.2) is 10.6 Å². The molecule has 98 valence electrons. The van der Waals surface area contributed by atoms with Gasteiger partial charge in [0, 0.05) is 12.6 Å². The van der Waals surface area contributed by atoms with Gasteiger partial charge in [-0.05, 0) is 19.8 Å². The Morgan fingerprint density at radius 3 is 2.59 bits per heavy atom. The number of nitrogens with one attached hydrogen (secondary N) is 1. The molecule has 1 aromatic heterocycles. The van der Waals surface area contributed by atoms with E-state index in [1.807, 2.05) is 20.8 Å². The van der Waals surface area contributed by atoms with E-state index in [4.69, 9.17) is 10.3 Å². The topological polar surface area (TPSA) is 81.2 Å². The number of nitrogens with zero attached hydrogens (tertiary/aromatic N) is 1. The van der Waals surface area contributed by atoms with Gasteiger partial charge in [-0.15, -0.1) is 12.4 Å². The number of aryl methyl sites for hydroxylation is 1. The fourth-order valence-electron chi connectivity index (χ4n) is 1.22. The van der Waals surface area contributed by atoms with Crippen LogP contribution in [0.4, 0.5) is 0 Å². The van der Waals surface area contributed by atoms with Gasteiger partial charge in [-0.3, -0.25) is 4.79 Å². The molecule has 1 unspecified atom stereocenters. The molecular weight excluding hydrogens is 242 g/mol. The normalized spacial score (nSPS) is 14.0. The first kappa shape index (κ1) is 15.9. The van der Waals surface area contributed by atoms with Crippen LogP contribution in [0.3, 0.4) is 0 Å². The molecule has 1 atom stereocenters. The van der Waals surface area contributed by atoms with Crippen LogP contribution in [-0.4, -0.2) is 23.1 Å². The minimum Gasteiger partial charge on any atom is -0.351 e. The molecule has 0 aliphatic heterocycles. The van der Waals surface area contributed by atoms with E-state index < -0.39 is 5.54 Å². The van der Waals surface area contributed by atoms with Gasteiger partial charge in [-0.25, -0.2) is 0 Å². The Morgan fingerprint density at radius 1 is 1.65 bits per heavy atom. The van der Waals surface area contributed by atoms with Gasteiger partial charge in [0.15, 0.2) is 0 Å². The highest BCUT2D eigenvalue weighted by molar-refractivity contribution is 5.91. The lowest BCUT2D eigenvalue weighted by molar-refractivity contribution is 0.0845. The Bertz CT molecular complexity index is 379. The van der Waals surface area contributed by atoms with Crippen LogP contribution < -0.4 is 11.1 Å². The van der Waals surface area contributed by atoms with E-state index in [1.165, 1.54) is 0 Å². The molecule has 0 spiro atoms. The largest absolute Gasteiger partial charge is 0.351 e. The van der Waals surface area contributed by atoms with Crippen LogP contribution in [-0.2, 0) is 0 Å². The lowest BCUT2D eigenvalue weighted by Gasteiger charge is -2.33. The minimum atomic E-state index is -0.433. The number of hydrogen-bond donors (Lipinski definition) is 2. The van der Waals surface area contributed by atoms with Crippen LogP contribution >= 0.6 is 12.4 Å². The quantitative estimate of drug-likeness (QED) is 0.861. The molecule has 1 rings (SSSR count). The molecule has 3 N–H and O–H groups in total. The number of carbonyl (C=O) groups excluding carboxylic acids is 1. The second kappa shape index (κ2) is 6.02. The Balaban J connectivity index is 0.00000256. The van der Waals surface area contributed by atoms with Gasteiger partial charge in [0.2, 0.25) is 5.76 Å². The third-order valence-electron chi connectivity index (χ3n) is 2.95. The average Bonchev–Trinajstić information content (AvgIpc) is 2.64. The van der Waals surface area contributed by atoms with Crippen molar-refractivity contribution in [1.82, 2.24) is 10.5 Å². The molecule has 0 saturated carbocycles. The summed E-state index contributed by atoms with van der Waals surface area (Å²) in [5.41, 5.74) is 5.93. The molecule has 0 radical (unpaired) electrons. The molecule has 0 aliphatic carbocycles. The van der Waals surface area contributed by atoms with E-state index >= 15 is 0 Å². The molecule has 1 aromatic rings. The molecule has 0 aliphatic rings. The van der Waals surface area contributed by atoms with E-state index in [0.717, 1.165) is 0 Å². The third kappa shape index (κ3) is 3.71. The lowest BCUT2D eigenvalue weighted by atomic mass is 9.88. The van der Waals surface area contributed by atoms with Crippen molar-refractivity contribution in [3.63, 3.8) is 0 Å². The van der Waals surface area contributed by atoms with Gasteiger partial charge in [0.25, 0.3) is 5.91 Å². The predicted molar refractivity (Wildman–Crippen MR) is 68.3 cm³/mol. The average molecular weight is 262 g/mol. The van der Waals surface area contributed by atoms with Gasteiger partial charge >= 0.3 is 0 Å². The Labute approximate surface area is 108 Å². The van der Waals surface area contributed by atoms with Crippen molar-refractivity contribution >= 4 is 18.3 Å². The molecule has 0 aromatic carbocycles. The first-order chi connectivity index (χ1) is 7.39. The van der Waals surface area contributed by atoms with Gasteiger partial charge in [0.05, 0.1) is 11.2 Å². The summed E-state index contributed by atoms with van der Waals surface area (Å²) in [5.74, 6) is 0.186. The fraction of sp³-hybridized carbons (Fsp3) is 0.636. The van der Waals surface area contributed by atoms with Crippen LogP contribution in [0.5, 0.6) is 0 Å². The Kier molecular flexibility index (Phi) is 5.64. The van der Waals surface area contributed by atoms with Crippen molar-refractivity contribution in [1.29, 1.82) is 0 Å². The zero-order valence-electron chi connectivity index (χ0n) is 10.6. The van der Waals surface area contributed by atoms with Crippen molar-refractivity contribution in [2.45, 2.75) is 33.2 Å². The van der Waals surface area contributed by atoms with E-state index in [-0.39, 0.29) is 30.0 Å². The summed E-state index contributed by atoms with van der Waals surface area (Å²) in [6, 6.07) is 1.60. The molecule has 17 heavy (non-hydrogen) atoms. The summed E-state index contributed by atoms with van der Waals surface area (Å²) in [6.45, 7) is 8.09. The highest BCUT2D eigenvalue weighted by Gasteiger charge is 2.30. The smallest absolute Gasteiger partial charge is 0.290 e. The number of nitrogens with two attached hydrogens (primary N) is 1. The zero-order chi connectivity index (χ0) is 12.3. The summed E-state index contributed by atoms with van der Waals surface area (Å²) in [7, 11) is 0. The summed E-state index contributed by atoms with van der Waals surface area (Å²) in [5, 5.41) is 6.55. The predicted octanol–water partition coefficient (Wildman–Crippen LogP) is 1.51. The van der Waals surface area contributed by atoms with Crippen LogP contribution in [0.25, 0.3) is 0 Å². The first-order valence-electron chi connectivity index (χ1n) is 5.35. The Hall–Kier alpha value is -1.07. The number of rotatable bonds is 4. The van der Waals surface area contributed by atoms with Gasteiger partial charge in [0.1, 0.15) is 0 Å². The summed E-state index contributed by atoms with van der Waals surface area (Å²) < 4.78 is 4.89. The standard InChI is InChI=1S/C11H19N3O2.ClH/c1-7(2)11(4,6-12)13-10(15)9-5-8(3)14-16-9;/h5,7H,6,12H2,1-4H3,(H,13,15);1H. The highest BCUT2D eigenvalue weighted by atomic mass is 35.5. The molecule has 1 amide bonds. The summed E-state index contributed by atoms with van der Waals surface area (Å²) in [4.78, 5) is 11.8. The van der Waals surface area contributed by atoms with Gasteiger partial charge in [-0.2, -0.15) is 0 Å². The SMILES string of the molecule is Cc1cc(C(=O)NC(C)(CN)C(C)C)on1.Cl. The first-order valence-corrected chi connectivity index (χ1v) is 5.35. The summed E-state index contributed by atoms with van der Waals surface area (Å²) >= 11 is 0. The third-order valence-corrected chi connectivity index (χ3v) is 2.95. The number of amides is 1. The molecule has 0 fully saturated rings.